The molecule has 0 aliphatic rings. The van der Waals surface area contributed by atoms with E-state index in [-0.39, 0.29) is 11.3 Å². The Kier molecular flexibility index (Phi) is 2.55. The number of benzene rings is 1. The van der Waals surface area contributed by atoms with Crippen LogP contribution in [0.25, 0.3) is 0 Å². The lowest BCUT2D eigenvalue weighted by Crippen LogP contribution is -1.99. The third-order valence-electron chi connectivity index (χ3n) is 1.50. The fourth-order valence-corrected chi connectivity index (χ4v) is 1.06. The smallest absolute Gasteiger partial charge is 0.254 e. The van der Waals surface area contributed by atoms with Crippen molar-refractivity contribution in [3.8, 4) is 5.75 Å². The lowest BCUT2D eigenvalue weighted by molar-refractivity contribution is 0.108. The minimum Gasteiger partial charge on any atom is -0.495 e. The van der Waals surface area contributed by atoms with Crippen LogP contribution >= 0.6 is 11.6 Å². The highest BCUT2D eigenvalue weighted by Gasteiger charge is 2.09. The lowest BCUT2D eigenvalue weighted by Gasteiger charge is -2.05. The van der Waals surface area contributed by atoms with Crippen molar-refractivity contribution in [1.29, 1.82) is 0 Å². The molecule has 64 valence electrons. The summed E-state index contributed by atoms with van der Waals surface area (Å²) in [6.07, 6.45) is 0. The van der Waals surface area contributed by atoms with Crippen LogP contribution in [0.15, 0.2) is 18.2 Å². The molecular weight excluding hydrogens is 178 g/mol. The van der Waals surface area contributed by atoms with Gasteiger partial charge in [-0.2, -0.15) is 0 Å². The van der Waals surface area contributed by atoms with Crippen molar-refractivity contribution in [3.63, 3.8) is 0 Å². The molecule has 0 aliphatic heterocycles. The summed E-state index contributed by atoms with van der Waals surface area (Å²) in [5.74, 6) is 0.460. The first kappa shape index (κ1) is 8.87. The van der Waals surface area contributed by atoms with Crippen molar-refractivity contribution < 1.29 is 9.53 Å². The topological polar surface area (TPSA) is 52.3 Å². The quantitative estimate of drug-likeness (QED) is 0.563. The minimum absolute atomic E-state index is 0.274. The Morgan fingerprint density at radius 1 is 1.58 bits per heavy atom. The molecule has 0 saturated carbocycles. The van der Waals surface area contributed by atoms with Crippen molar-refractivity contribution in [1.82, 2.24) is 0 Å². The van der Waals surface area contributed by atoms with Crippen LogP contribution in [-0.2, 0) is 0 Å². The van der Waals surface area contributed by atoms with Gasteiger partial charge in [0.2, 0.25) is 0 Å². The number of hydrogen-bond donors (Lipinski definition) is 1. The fraction of sp³-hybridized carbons (Fsp3) is 0.125. The number of hydrogen-bond acceptors (Lipinski definition) is 3. The maximum atomic E-state index is 10.8. The number of para-hydroxylation sites is 1. The molecule has 0 spiro atoms. The summed E-state index contributed by atoms with van der Waals surface area (Å²) in [5.41, 5.74) is 6.12. The summed E-state index contributed by atoms with van der Waals surface area (Å²) < 4.78 is 4.90. The zero-order chi connectivity index (χ0) is 9.14. The molecule has 0 amide bonds. The van der Waals surface area contributed by atoms with Gasteiger partial charge in [0.05, 0.1) is 18.4 Å². The molecule has 3 nitrogen and oxygen atoms in total. The average molecular weight is 186 g/mol. The van der Waals surface area contributed by atoms with Gasteiger partial charge in [-0.3, -0.25) is 4.79 Å². The van der Waals surface area contributed by atoms with Gasteiger partial charge < -0.3 is 10.5 Å². The molecule has 0 bridgehead atoms. The maximum Gasteiger partial charge on any atom is 0.254 e. The van der Waals surface area contributed by atoms with Crippen molar-refractivity contribution in [2.24, 2.45) is 0 Å². The van der Waals surface area contributed by atoms with Crippen molar-refractivity contribution in [2.45, 2.75) is 0 Å². The number of rotatable bonds is 2. The van der Waals surface area contributed by atoms with Gasteiger partial charge in [-0.1, -0.05) is 6.07 Å². The molecule has 0 radical (unpaired) electrons. The summed E-state index contributed by atoms with van der Waals surface area (Å²) in [4.78, 5) is 10.8. The third kappa shape index (κ3) is 1.51. The Labute approximate surface area is 75.1 Å². The van der Waals surface area contributed by atoms with Crippen LogP contribution in [-0.4, -0.2) is 12.4 Å². The average Bonchev–Trinajstić information content (AvgIpc) is 2.04. The number of ether oxygens (including phenoxy) is 1. The normalized spacial score (nSPS) is 9.50. The SMILES string of the molecule is COc1cccc(C(=O)Cl)c1N. The Hall–Kier alpha value is -1.22. The molecule has 1 aromatic carbocycles. The second kappa shape index (κ2) is 3.45. The number of nitrogen functional groups attached to an aromatic ring is 1. The van der Waals surface area contributed by atoms with E-state index >= 15 is 0 Å². The van der Waals surface area contributed by atoms with Crippen LogP contribution in [0.2, 0.25) is 0 Å². The summed E-state index contributed by atoms with van der Waals surface area (Å²) in [5, 5.41) is -0.577. The summed E-state index contributed by atoms with van der Waals surface area (Å²) in [7, 11) is 1.48. The molecule has 12 heavy (non-hydrogen) atoms. The van der Waals surface area contributed by atoms with Crippen LogP contribution in [0.5, 0.6) is 5.75 Å². The molecular formula is C8H8ClNO2. The highest BCUT2D eigenvalue weighted by molar-refractivity contribution is 6.68. The second-order valence-electron chi connectivity index (χ2n) is 2.20. The van der Waals surface area contributed by atoms with Gasteiger partial charge in [0.1, 0.15) is 5.75 Å². The predicted molar refractivity (Wildman–Crippen MR) is 47.6 cm³/mol. The van der Waals surface area contributed by atoms with Crippen LogP contribution in [0.1, 0.15) is 10.4 Å². The largest absolute Gasteiger partial charge is 0.495 e. The lowest BCUT2D eigenvalue weighted by atomic mass is 10.2. The molecule has 0 aromatic heterocycles. The maximum absolute atomic E-state index is 10.8. The van der Waals surface area contributed by atoms with Crippen molar-refractivity contribution in [2.75, 3.05) is 12.8 Å². The van der Waals surface area contributed by atoms with Crippen LogP contribution in [0.4, 0.5) is 5.69 Å². The van der Waals surface area contributed by atoms with Crippen LogP contribution in [0, 0.1) is 0 Å². The van der Waals surface area contributed by atoms with E-state index in [1.165, 1.54) is 7.11 Å². The van der Waals surface area contributed by atoms with Gasteiger partial charge in [0, 0.05) is 0 Å². The first-order valence-electron chi connectivity index (χ1n) is 3.29. The Bertz CT molecular complexity index is 312. The number of halogens is 1. The van der Waals surface area contributed by atoms with Crippen molar-refractivity contribution >= 4 is 22.5 Å². The minimum atomic E-state index is -0.577. The van der Waals surface area contributed by atoms with E-state index in [2.05, 4.69) is 0 Å². The van der Waals surface area contributed by atoms with E-state index in [0.29, 0.717) is 5.75 Å². The highest BCUT2D eigenvalue weighted by Crippen LogP contribution is 2.25. The molecule has 4 heteroatoms. The number of nitrogens with two attached hydrogens (primary N) is 1. The van der Waals surface area contributed by atoms with Gasteiger partial charge in [-0.15, -0.1) is 0 Å². The zero-order valence-electron chi connectivity index (χ0n) is 6.50. The van der Waals surface area contributed by atoms with Crippen LogP contribution in [0.3, 0.4) is 0 Å². The second-order valence-corrected chi connectivity index (χ2v) is 2.54. The molecule has 1 rings (SSSR count). The van der Waals surface area contributed by atoms with Gasteiger partial charge >= 0.3 is 0 Å². The molecule has 2 N–H and O–H groups in total. The summed E-state index contributed by atoms with van der Waals surface area (Å²) in [6, 6.07) is 4.87. The Morgan fingerprint density at radius 2 is 2.25 bits per heavy atom. The molecule has 0 atom stereocenters. The van der Waals surface area contributed by atoms with E-state index < -0.39 is 5.24 Å². The monoisotopic (exact) mass is 185 g/mol. The molecule has 0 unspecified atom stereocenters. The predicted octanol–water partition coefficient (Wildman–Crippen LogP) is 1.66. The molecule has 1 aromatic rings. The molecule has 0 fully saturated rings. The highest BCUT2D eigenvalue weighted by atomic mass is 35.5. The van der Waals surface area contributed by atoms with Gasteiger partial charge in [-0.05, 0) is 23.7 Å². The number of carbonyl (C=O) groups excluding carboxylic acids is 1. The summed E-state index contributed by atoms with van der Waals surface area (Å²) >= 11 is 5.26. The summed E-state index contributed by atoms with van der Waals surface area (Å²) in [6.45, 7) is 0. The van der Waals surface area contributed by atoms with Crippen LogP contribution < -0.4 is 10.5 Å². The number of carbonyl (C=O) groups is 1. The van der Waals surface area contributed by atoms with Gasteiger partial charge in [0.15, 0.2) is 0 Å². The number of methoxy groups -OCH3 is 1. The first-order chi connectivity index (χ1) is 5.66. The third-order valence-corrected chi connectivity index (χ3v) is 1.70. The van der Waals surface area contributed by atoms with E-state index in [4.69, 9.17) is 22.1 Å². The van der Waals surface area contributed by atoms with E-state index in [9.17, 15) is 4.79 Å². The van der Waals surface area contributed by atoms with Crippen molar-refractivity contribution in [3.05, 3.63) is 23.8 Å². The van der Waals surface area contributed by atoms with Gasteiger partial charge in [-0.25, -0.2) is 0 Å². The standard InChI is InChI=1S/C8H8ClNO2/c1-12-6-4-2-3-5(7(6)10)8(9)11/h2-4H,10H2,1H3. The zero-order valence-corrected chi connectivity index (χ0v) is 7.26. The van der Waals surface area contributed by atoms with E-state index in [1.54, 1.807) is 18.2 Å². The van der Waals surface area contributed by atoms with E-state index in [0.717, 1.165) is 0 Å². The fourth-order valence-electron chi connectivity index (χ4n) is 0.893. The van der Waals surface area contributed by atoms with E-state index in [1.807, 2.05) is 0 Å². The number of anilines is 1. The molecule has 0 aliphatic carbocycles. The first-order valence-corrected chi connectivity index (χ1v) is 3.67. The molecule has 0 heterocycles. The Balaban J connectivity index is 3.23. The van der Waals surface area contributed by atoms with Gasteiger partial charge in [0.25, 0.3) is 5.24 Å². The Morgan fingerprint density at radius 3 is 2.75 bits per heavy atom. The molecule has 0 saturated heterocycles.